The number of pyridine rings is 1. The summed E-state index contributed by atoms with van der Waals surface area (Å²) in [6.45, 7) is 1.86. The predicted octanol–water partition coefficient (Wildman–Crippen LogP) is 2.09. The van der Waals surface area contributed by atoms with Crippen molar-refractivity contribution in [3.05, 3.63) is 27.1 Å². The number of rotatable bonds is 4. The third kappa shape index (κ3) is 3.89. The number of nitrogens with zero attached hydrogens (tertiary/aromatic N) is 1. The second kappa shape index (κ2) is 6.26. The number of anilines is 1. The van der Waals surface area contributed by atoms with Crippen molar-refractivity contribution in [3.8, 4) is 0 Å². The number of thioether (sulfide) groups is 1. The van der Waals surface area contributed by atoms with E-state index in [-0.39, 0.29) is 17.4 Å². The molecule has 0 aromatic carbocycles. The van der Waals surface area contributed by atoms with Crippen LogP contribution in [0, 0.1) is 5.92 Å². The lowest BCUT2D eigenvalue weighted by Gasteiger charge is -2.12. The molecular formula is C11H15BrN2O2S. The smallest absolute Gasteiger partial charge is 0.252 e. The van der Waals surface area contributed by atoms with Crippen LogP contribution < -0.4 is 10.9 Å². The Morgan fingerprint density at radius 1 is 1.65 bits per heavy atom. The minimum atomic E-state index is -0.152. The maximum atomic E-state index is 11.8. The van der Waals surface area contributed by atoms with Crippen molar-refractivity contribution < 1.29 is 4.79 Å². The Bertz CT molecular complexity index is 473. The van der Waals surface area contributed by atoms with Crippen LogP contribution in [0.4, 0.5) is 5.69 Å². The van der Waals surface area contributed by atoms with Gasteiger partial charge in [-0.3, -0.25) is 9.59 Å². The Kier molecular flexibility index (Phi) is 5.27. The molecule has 0 spiro atoms. The highest BCUT2D eigenvalue weighted by Gasteiger charge is 2.14. The molecule has 1 amide bonds. The number of carbonyl (C=O) groups is 1. The van der Waals surface area contributed by atoms with E-state index in [9.17, 15) is 9.59 Å². The Balaban J connectivity index is 2.85. The van der Waals surface area contributed by atoms with E-state index in [1.165, 1.54) is 10.6 Å². The fourth-order valence-corrected chi connectivity index (χ4v) is 2.45. The highest BCUT2D eigenvalue weighted by atomic mass is 79.9. The summed E-state index contributed by atoms with van der Waals surface area (Å²) in [6, 6.07) is 1.41. The number of carbonyl (C=O) groups excluding carboxylic acids is 1. The molecule has 0 aliphatic rings. The topological polar surface area (TPSA) is 51.1 Å². The number of aryl methyl sites for hydroxylation is 1. The molecule has 94 valence electrons. The summed E-state index contributed by atoms with van der Waals surface area (Å²) in [6.07, 6.45) is 3.59. The fraction of sp³-hybridized carbons (Fsp3) is 0.455. The zero-order valence-electron chi connectivity index (χ0n) is 9.99. The lowest BCUT2D eigenvalue weighted by Crippen LogP contribution is -2.24. The van der Waals surface area contributed by atoms with Gasteiger partial charge in [-0.1, -0.05) is 6.92 Å². The van der Waals surface area contributed by atoms with Crippen LogP contribution in [0.15, 0.2) is 21.5 Å². The van der Waals surface area contributed by atoms with E-state index in [0.717, 1.165) is 5.75 Å². The monoisotopic (exact) mass is 318 g/mol. The summed E-state index contributed by atoms with van der Waals surface area (Å²) in [7, 11) is 1.66. The summed E-state index contributed by atoms with van der Waals surface area (Å²) >= 11 is 4.94. The van der Waals surface area contributed by atoms with E-state index in [1.54, 1.807) is 25.0 Å². The van der Waals surface area contributed by atoms with Gasteiger partial charge in [0.2, 0.25) is 5.91 Å². The second-order valence-electron chi connectivity index (χ2n) is 3.83. The molecule has 1 atom stereocenters. The molecule has 1 N–H and O–H groups in total. The average molecular weight is 319 g/mol. The quantitative estimate of drug-likeness (QED) is 0.924. The molecule has 0 saturated heterocycles. The molecule has 6 heteroatoms. The normalized spacial score (nSPS) is 12.2. The first-order valence-electron chi connectivity index (χ1n) is 5.11. The van der Waals surface area contributed by atoms with Crippen molar-refractivity contribution in [1.82, 2.24) is 4.57 Å². The second-order valence-corrected chi connectivity index (χ2v) is 5.59. The molecule has 0 saturated carbocycles. The standard InChI is InChI=1S/C11H15BrN2O2S/c1-7(6-17-3)11(16)13-9-4-10(15)14(2)5-8(9)12/h4-5,7H,6H2,1-3H3,(H,13,16). The maximum Gasteiger partial charge on any atom is 0.252 e. The van der Waals surface area contributed by atoms with Gasteiger partial charge in [0.25, 0.3) is 5.56 Å². The van der Waals surface area contributed by atoms with E-state index >= 15 is 0 Å². The molecule has 4 nitrogen and oxygen atoms in total. The largest absolute Gasteiger partial charge is 0.325 e. The van der Waals surface area contributed by atoms with Gasteiger partial charge >= 0.3 is 0 Å². The minimum Gasteiger partial charge on any atom is -0.325 e. The van der Waals surface area contributed by atoms with Crippen molar-refractivity contribution >= 4 is 39.3 Å². The summed E-state index contributed by atoms with van der Waals surface area (Å²) in [5.41, 5.74) is 0.368. The fourth-order valence-electron chi connectivity index (χ4n) is 1.27. The molecular weight excluding hydrogens is 304 g/mol. The maximum absolute atomic E-state index is 11.8. The van der Waals surface area contributed by atoms with E-state index < -0.39 is 0 Å². The minimum absolute atomic E-state index is 0.0756. The number of aromatic nitrogens is 1. The Morgan fingerprint density at radius 2 is 2.29 bits per heavy atom. The van der Waals surface area contributed by atoms with Gasteiger partial charge in [0, 0.05) is 31.0 Å². The van der Waals surface area contributed by atoms with Gasteiger partial charge in [0.1, 0.15) is 0 Å². The molecule has 1 aromatic rings. The van der Waals surface area contributed by atoms with Gasteiger partial charge in [-0.05, 0) is 22.2 Å². The van der Waals surface area contributed by atoms with Gasteiger partial charge in [0.05, 0.1) is 10.2 Å². The molecule has 0 aliphatic heterocycles. The van der Waals surface area contributed by atoms with Crippen LogP contribution >= 0.6 is 27.7 Å². The number of halogens is 1. The Morgan fingerprint density at radius 3 is 2.88 bits per heavy atom. The lowest BCUT2D eigenvalue weighted by atomic mass is 10.2. The van der Waals surface area contributed by atoms with Crippen LogP contribution in [0.25, 0.3) is 0 Å². The summed E-state index contributed by atoms with van der Waals surface area (Å²) < 4.78 is 2.15. The van der Waals surface area contributed by atoms with Crippen molar-refractivity contribution in [1.29, 1.82) is 0 Å². The zero-order chi connectivity index (χ0) is 13.0. The van der Waals surface area contributed by atoms with E-state index in [1.807, 2.05) is 13.2 Å². The molecule has 0 radical (unpaired) electrons. The average Bonchev–Trinajstić information content (AvgIpc) is 2.26. The third-order valence-corrected chi connectivity index (χ3v) is 3.77. The van der Waals surface area contributed by atoms with Crippen LogP contribution in [-0.2, 0) is 11.8 Å². The summed E-state index contributed by atoms with van der Waals surface area (Å²) in [5.74, 6) is 0.600. The molecule has 1 rings (SSSR count). The van der Waals surface area contributed by atoms with Crippen molar-refractivity contribution in [3.63, 3.8) is 0 Å². The molecule has 1 heterocycles. The molecule has 0 bridgehead atoms. The zero-order valence-corrected chi connectivity index (χ0v) is 12.4. The first-order chi connectivity index (χ1) is 7.95. The first kappa shape index (κ1) is 14.3. The number of amides is 1. The van der Waals surface area contributed by atoms with Crippen molar-refractivity contribution in [2.45, 2.75) is 6.92 Å². The van der Waals surface area contributed by atoms with Gasteiger partial charge in [-0.15, -0.1) is 0 Å². The van der Waals surface area contributed by atoms with Crippen molar-refractivity contribution in [2.24, 2.45) is 13.0 Å². The number of hydrogen-bond acceptors (Lipinski definition) is 3. The first-order valence-corrected chi connectivity index (χ1v) is 7.30. The van der Waals surface area contributed by atoms with Gasteiger partial charge in [-0.25, -0.2) is 0 Å². The molecule has 1 aromatic heterocycles. The van der Waals surface area contributed by atoms with Crippen LogP contribution in [0.2, 0.25) is 0 Å². The third-order valence-electron chi connectivity index (χ3n) is 2.30. The highest BCUT2D eigenvalue weighted by Crippen LogP contribution is 2.20. The van der Waals surface area contributed by atoms with Crippen molar-refractivity contribution in [2.75, 3.05) is 17.3 Å². The van der Waals surface area contributed by atoms with E-state index in [4.69, 9.17) is 0 Å². The number of nitrogens with one attached hydrogen (secondary N) is 1. The van der Waals surface area contributed by atoms with Crippen LogP contribution in [0.1, 0.15) is 6.92 Å². The van der Waals surface area contributed by atoms with Crippen LogP contribution in [0.5, 0.6) is 0 Å². The molecule has 17 heavy (non-hydrogen) atoms. The van der Waals surface area contributed by atoms with Crippen LogP contribution in [0.3, 0.4) is 0 Å². The molecule has 1 unspecified atom stereocenters. The van der Waals surface area contributed by atoms with E-state index in [2.05, 4.69) is 21.2 Å². The molecule has 0 aliphatic carbocycles. The van der Waals surface area contributed by atoms with Gasteiger partial charge in [0.15, 0.2) is 0 Å². The SMILES string of the molecule is CSCC(C)C(=O)Nc1cc(=O)n(C)cc1Br. The van der Waals surface area contributed by atoms with E-state index in [0.29, 0.717) is 10.2 Å². The van der Waals surface area contributed by atoms with Gasteiger partial charge in [-0.2, -0.15) is 11.8 Å². The van der Waals surface area contributed by atoms with Gasteiger partial charge < -0.3 is 9.88 Å². The summed E-state index contributed by atoms with van der Waals surface area (Å²) in [4.78, 5) is 23.3. The highest BCUT2D eigenvalue weighted by molar-refractivity contribution is 9.10. The summed E-state index contributed by atoms with van der Waals surface area (Å²) in [5, 5.41) is 2.75. The lowest BCUT2D eigenvalue weighted by molar-refractivity contribution is -0.118. The molecule has 0 fully saturated rings. The van der Waals surface area contributed by atoms with Crippen LogP contribution in [-0.4, -0.2) is 22.5 Å². The Labute approximate surface area is 113 Å². The predicted molar refractivity (Wildman–Crippen MR) is 75.6 cm³/mol. The Hall–Kier alpha value is -0.750. The number of hydrogen-bond donors (Lipinski definition) is 1.